The number of carbonyl (C=O) groups is 1. The van der Waals surface area contributed by atoms with Crippen molar-refractivity contribution in [1.29, 1.82) is 0 Å². The molecule has 0 spiro atoms. The lowest BCUT2D eigenvalue weighted by Gasteiger charge is -2.21. The van der Waals surface area contributed by atoms with Crippen molar-refractivity contribution in [3.63, 3.8) is 0 Å². The molecule has 1 aliphatic carbocycles. The van der Waals surface area contributed by atoms with E-state index in [0.717, 1.165) is 18.0 Å². The summed E-state index contributed by atoms with van der Waals surface area (Å²) in [6, 6.07) is 5.83. The summed E-state index contributed by atoms with van der Waals surface area (Å²) < 4.78 is 2.29. The predicted molar refractivity (Wildman–Crippen MR) is 120 cm³/mol. The van der Waals surface area contributed by atoms with Crippen LogP contribution >= 0.6 is 23.2 Å². The van der Waals surface area contributed by atoms with Gasteiger partial charge in [-0.2, -0.15) is 0 Å². The minimum atomic E-state index is -0.236. The number of aryl methyl sites for hydroxylation is 2. The lowest BCUT2D eigenvalue weighted by Crippen LogP contribution is -2.13. The fraction of sp³-hybridized carbons (Fsp3) is 0.391. The highest BCUT2D eigenvalue weighted by Crippen LogP contribution is 2.31. The molecule has 1 amide bonds. The van der Waals surface area contributed by atoms with Crippen LogP contribution < -0.4 is 5.32 Å². The number of hydrogen-bond donors (Lipinski definition) is 1. The topological polar surface area (TPSA) is 46.9 Å². The van der Waals surface area contributed by atoms with E-state index in [1.54, 1.807) is 0 Å². The van der Waals surface area contributed by atoms with Crippen LogP contribution in [0.5, 0.6) is 0 Å². The zero-order valence-corrected chi connectivity index (χ0v) is 18.1. The van der Waals surface area contributed by atoms with E-state index in [-0.39, 0.29) is 5.91 Å². The molecular weight excluding hydrogens is 405 g/mol. The zero-order chi connectivity index (χ0) is 20.4. The average molecular weight is 430 g/mol. The Morgan fingerprint density at radius 3 is 2.62 bits per heavy atom. The quantitative estimate of drug-likeness (QED) is 0.480. The number of aromatic nitrogens is 2. The van der Waals surface area contributed by atoms with Crippen LogP contribution in [0, 0.1) is 12.8 Å². The van der Waals surface area contributed by atoms with E-state index in [9.17, 15) is 4.79 Å². The van der Waals surface area contributed by atoms with E-state index in [2.05, 4.69) is 28.0 Å². The molecule has 3 aromatic rings. The first-order chi connectivity index (χ1) is 14.0. The summed E-state index contributed by atoms with van der Waals surface area (Å²) in [6.45, 7) is 3.11. The molecule has 4 rings (SSSR count). The molecule has 0 atom stereocenters. The predicted octanol–water partition coefficient (Wildman–Crippen LogP) is 6.87. The van der Waals surface area contributed by atoms with Gasteiger partial charge in [-0.3, -0.25) is 9.78 Å². The molecule has 0 saturated heterocycles. The maximum atomic E-state index is 12.8. The fourth-order valence-corrected chi connectivity index (χ4v) is 4.77. The minimum Gasteiger partial charge on any atom is -0.347 e. The van der Waals surface area contributed by atoms with Gasteiger partial charge in [-0.1, -0.05) is 61.4 Å². The highest BCUT2D eigenvalue weighted by Gasteiger charge is 2.16. The third kappa shape index (κ3) is 4.44. The molecular formula is C23H25Cl2N3O. The molecule has 4 nitrogen and oxygen atoms in total. The van der Waals surface area contributed by atoms with Gasteiger partial charge in [-0.15, -0.1) is 0 Å². The van der Waals surface area contributed by atoms with E-state index < -0.39 is 0 Å². The van der Waals surface area contributed by atoms with Gasteiger partial charge in [0, 0.05) is 41.6 Å². The van der Waals surface area contributed by atoms with Crippen LogP contribution in [-0.2, 0) is 6.54 Å². The molecule has 1 saturated carbocycles. The first-order valence-electron chi connectivity index (χ1n) is 10.2. The monoisotopic (exact) mass is 429 g/mol. The number of hydrogen-bond acceptors (Lipinski definition) is 2. The summed E-state index contributed by atoms with van der Waals surface area (Å²) in [7, 11) is 0. The Morgan fingerprint density at radius 1 is 1.17 bits per heavy atom. The smallest absolute Gasteiger partial charge is 0.255 e. The van der Waals surface area contributed by atoms with Crippen molar-refractivity contribution in [1.82, 2.24) is 9.55 Å². The number of nitrogens with zero attached hydrogens (tertiary/aromatic N) is 2. The summed E-state index contributed by atoms with van der Waals surface area (Å²) >= 11 is 12.3. The van der Waals surface area contributed by atoms with Crippen molar-refractivity contribution in [3.8, 4) is 0 Å². The molecule has 0 aliphatic heterocycles. The lowest BCUT2D eigenvalue weighted by molar-refractivity contribution is 0.102. The minimum absolute atomic E-state index is 0.236. The molecule has 0 unspecified atom stereocenters. The molecule has 1 N–H and O–H groups in total. The largest absolute Gasteiger partial charge is 0.347 e. The van der Waals surface area contributed by atoms with Gasteiger partial charge in [0.05, 0.1) is 15.7 Å². The number of carbonyl (C=O) groups excluding carboxylic acids is 1. The fourth-order valence-electron chi connectivity index (χ4n) is 4.32. The van der Waals surface area contributed by atoms with Crippen molar-refractivity contribution in [2.45, 2.75) is 52.0 Å². The van der Waals surface area contributed by atoms with Gasteiger partial charge in [0.25, 0.3) is 5.91 Å². The lowest BCUT2D eigenvalue weighted by atomic mass is 9.87. The second-order valence-electron chi connectivity index (χ2n) is 7.96. The number of pyridine rings is 1. The Balaban J connectivity index is 1.56. The summed E-state index contributed by atoms with van der Waals surface area (Å²) in [5.74, 6) is 0.587. The van der Waals surface area contributed by atoms with Gasteiger partial charge >= 0.3 is 0 Å². The zero-order valence-electron chi connectivity index (χ0n) is 16.5. The second-order valence-corrected chi connectivity index (χ2v) is 8.78. The maximum Gasteiger partial charge on any atom is 0.255 e. The Kier molecular flexibility index (Phi) is 6.12. The van der Waals surface area contributed by atoms with Crippen LogP contribution in [0.25, 0.3) is 10.9 Å². The average Bonchev–Trinajstić information content (AvgIpc) is 3.05. The van der Waals surface area contributed by atoms with Crippen LogP contribution in [0.3, 0.4) is 0 Å². The van der Waals surface area contributed by atoms with Crippen molar-refractivity contribution in [2.75, 3.05) is 5.32 Å². The third-order valence-electron chi connectivity index (χ3n) is 5.94. The molecule has 1 fully saturated rings. The van der Waals surface area contributed by atoms with E-state index in [4.69, 9.17) is 23.2 Å². The number of anilines is 1. The molecule has 0 radical (unpaired) electrons. The summed E-state index contributed by atoms with van der Waals surface area (Å²) in [4.78, 5) is 16.7. The highest BCUT2D eigenvalue weighted by molar-refractivity contribution is 6.39. The molecule has 29 heavy (non-hydrogen) atoms. The second kappa shape index (κ2) is 8.76. The summed E-state index contributed by atoms with van der Waals surface area (Å²) in [5, 5.41) is 4.64. The van der Waals surface area contributed by atoms with Gasteiger partial charge in [0.1, 0.15) is 0 Å². The summed E-state index contributed by atoms with van der Waals surface area (Å²) in [6.07, 6.45) is 13.1. The summed E-state index contributed by atoms with van der Waals surface area (Å²) in [5.41, 5.74) is 3.30. The van der Waals surface area contributed by atoms with Crippen molar-refractivity contribution >= 4 is 45.7 Å². The van der Waals surface area contributed by atoms with E-state index in [1.807, 2.05) is 18.2 Å². The SMILES string of the molecule is Cc1cn(CCC2CCCCC2)c2cc(C(=O)Nc3c(Cl)cncc3Cl)ccc12. The van der Waals surface area contributed by atoms with Gasteiger partial charge in [0.2, 0.25) is 0 Å². The molecule has 1 aliphatic rings. The number of nitrogens with one attached hydrogen (secondary N) is 1. The molecule has 2 aromatic heterocycles. The van der Waals surface area contributed by atoms with E-state index in [0.29, 0.717) is 21.3 Å². The van der Waals surface area contributed by atoms with Gasteiger partial charge in [-0.25, -0.2) is 0 Å². The number of halogens is 2. The number of rotatable bonds is 5. The Bertz CT molecular complexity index is 1020. The molecule has 2 heterocycles. The normalized spacial score (nSPS) is 15.0. The molecule has 0 bridgehead atoms. The molecule has 152 valence electrons. The van der Waals surface area contributed by atoms with E-state index >= 15 is 0 Å². The molecule has 1 aromatic carbocycles. The Hall–Kier alpha value is -2.04. The van der Waals surface area contributed by atoms with Gasteiger partial charge in [-0.05, 0) is 37.0 Å². The van der Waals surface area contributed by atoms with E-state index in [1.165, 1.54) is 61.9 Å². The number of amides is 1. The van der Waals surface area contributed by atoms with Gasteiger partial charge in [0.15, 0.2) is 0 Å². The number of fused-ring (bicyclic) bond motifs is 1. The van der Waals surface area contributed by atoms with Crippen LogP contribution in [-0.4, -0.2) is 15.5 Å². The highest BCUT2D eigenvalue weighted by atomic mass is 35.5. The first kappa shape index (κ1) is 20.2. The number of benzene rings is 1. The maximum absolute atomic E-state index is 12.8. The van der Waals surface area contributed by atoms with Crippen LogP contribution in [0.2, 0.25) is 10.0 Å². The van der Waals surface area contributed by atoms with Gasteiger partial charge < -0.3 is 9.88 Å². The van der Waals surface area contributed by atoms with Crippen molar-refractivity contribution in [2.24, 2.45) is 5.92 Å². The Morgan fingerprint density at radius 2 is 1.90 bits per heavy atom. The third-order valence-corrected chi connectivity index (χ3v) is 6.51. The first-order valence-corrected chi connectivity index (χ1v) is 11.0. The van der Waals surface area contributed by atoms with Crippen LogP contribution in [0.4, 0.5) is 5.69 Å². The van der Waals surface area contributed by atoms with Crippen molar-refractivity contribution in [3.05, 3.63) is 58.0 Å². The van der Waals surface area contributed by atoms with Crippen LogP contribution in [0.1, 0.15) is 54.4 Å². The van der Waals surface area contributed by atoms with Crippen LogP contribution in [0.15, 0.2) is 36.8 Å². The van der Waals surface area contributed by atoms with Crippen molar-refractivity contribution < 1.29 is 4.79 Å². The Labute approximate surface area is 181 Å². The molecule has 6 heteroatoms. The standard InChI is InChI=1S/C23H25Cl2N3O/c1-15-14-28(10-9-16-5-3-2-4-6-16)21-11-17(7-8-18(15)21)23(29)27-22-19(24)12-26-13-20(22)25/h7-8,11-14,16H,2-6,9-10H2,1H3,(H,26,27,29).